The van der Waals surface area contributed by atoms with Crippen molar-refractivity contribution in [2.75, 3.05) is 14.1 Å². The van der Waals surface area contributed by atoms with Crippen LogP contribution >= 0.6 is 22.7 Å². The van der Waals surface area contributed by atoms with Gasteiger partial charge in [-0.2, -0.15) is 18.3 Å². The number of hydrogen-bond donors (Lipinski definition) is 3. The molecule has 0 atom stereocenters. The van der Waals surface area contributed by atoms with Crippen molar-refractivity contribution >= 4 is 40.2 Å². The van der Waals surface area contributed by atoms with Crippen LogP contribution in [0.2, 0.25) is 0 Å². The van der Waals surface area contributed by atoms with Gasteiger partial charge in [0.2, 0.25) is 0 Å². The Bertz CT molecular complexity index is 1200. The van der Waals surface area contributed by atoms with E-state index in [9.17, 15) is 27.9 Å². The Balaban J connectivity index is 1.72. The van der Waals surface area contributed by atoms with E-state index in [0.717, 1.165) is 34.8 Å². The molecule has 174 valence electrons. The molecule has 0 saturated carbocycles. The van der Waals surface area contributed by atoms with Crippen molar-refractivity contribution in [2.45, 2.75) is 13.1 Å². The number of rotatable bonds is 6. The molecule has 0 spiro atoms. The van der Waals surface area contributed by atoms with Crippen LogP contribution < -0.4 is 10.9 Å². The molecule has 0 aliphatic rings. The third-order valence-corrected chi connectivity index (χ3v) is 6.43. The number of hydrazone groups is 1. The van der Waals surface area contributed by atoms with Gasteiger partial charge in [-0.25, -0.2) is 10.4 Å². The minimum Gasteiger partial charge on any atom is -0.506 e. The molecule has 2 amide bonds. The van der Waals surface area contributed by atoms with Gasteiger partial charge in [0.05, 0.1) is 31.5 Å². The maximum atomic E-state index is 12.8. The Morgan fingerprint density at radius 1 is 1.03 bits per heavy atom. The molecule has 2 aromatic heterocycles. The number of hydrazine groups is 1. The van der Waals surface area contributed by atoms with E-state index < -0.39 is 17.6 Å². The lowest BCUT2D eigenvalue weighted by Crippen LogP contribution is -2.35. The van der Waals surface area contributed by atoms with Gasteiger partial charge in [0, 0.05) is 19.5 Å². The Morgan fingerprint density at radius 3 is 2.21 bits per heavy atom. The summed E-state index contributed by atoms with van der Waals surface area (Å²) in [5.41, 5.74) is 5.25. The molecule has 0 bridgehead atoms. The lowest BCUT2D eigenvalue weighted by atomic mass is 10.1. The average molecular weight is 497 g/mol. The van der Waals surface area contributed by atoms with E-state index in [1.165, 1.54) is 29.3 Å². The minimum absolute atomic E-state index is 0.144. The fraction of sp³-hybridized carbons (Fsp3) is 0.190. The SMILES string of the molecule is CC(=NNC(=O)c1ccc(C(=O)NN(C)C)s1)c1csc(-c2ccc(C(F)(F)F)cc2)c1O. The lowest BCUT2D eigenvalue weighted by Gasteiger charge is -2.09. The van der Waals surface area contributed by atoms with Gasteiger partial charge in [0.25, 0.3) is 11.8 Å². The lowest BCUT2D eigenvalue weighted by molar-refractivity contribution is -0.137. The van der Waals surface area contributed by atoms with E-state index in [1.807, 2.05) is 0 Å². The molecule has 0 aliphatic carbocycles. The van der Waals surface area contributed by atoms with E-state index in [0.29, 0.717) is 26.6 Å². The molecule has 1 aromatic carbocycles. The van der Waals surface area contributed by atoms with Crippen LogP contribution in [0.1, 0.15) is 37.4 Å². The van der Waals surface area contributed by atoms with E-state index in [2.05, 4.69) is 16.0 Å². The molecule has 0 radical (unpaired) electrons. The summed E-state index contributed by atoms with van der Waals surface area (Å²) in [5, 5.41) is 17.6. The van der Waals surface area contributed by atoms with Crippen LogP contribution in [0.15, 0.2) is 46.9 Å². The molecule has 33 heavy (non-hydrogen) atoms. The molecule has 0 fully saturated rings. The molecule has 3 rings (SSSR count). The summed E-state index contributed by atoms with van der Waals surface area (Å²) in [5.74, 6) is -1.02. The number of nitrogens with one attached hydrogen (secondary N) is 2. The third kappa shape index (κ3) is 5.78. The quantitative estimate of drug-likeness (QED) is 0.345. The van der Waals surface area contributed by atoms with Crippen molar-refractivity contribution < 1.29 is 27.9 Å². The predicted octanol–water partition coefficient (Wildman–Crippen LogP) is 4.56. The normalized spacial score (nSPS) is 12.2. The molecular weight excluding hydrogens is 477 g/mol. The standard InChI is InChI=1S/C21H19F3N4O3S2/c1-11(25-26-19(30)15-8-9-16(33-15)20(31)27-28(2)3)14-10-32-18(17(14)29)12-4-6-13(7-5-12)21(22,23)24/h4-10,29H,1-3H3,(H,26,30)(H,27,31). The number of aromatic hydroxyl groups is 1. The molecular formula is C21H19F3N4O3S2. The highest BCUT2D eigenvalue weighted by Gasteiger charge is 2.30. The molecule has 3 N–H and O–H groups in total. The van der Waals surface area contributed by atoms with Crippen molar-refractivity contribution in [3.8, 4) is 16.2 Å². The van der Waals surface area contributed by atoms with Crippen molar-refractivity contribution in [1.29, 1.82) is 0 Å². The van der Waals surface area contributed by atoms with Crippen LogP contribution in [0.25, 0.3) is 10.4 Å². The van der Waals surface area contributed by atoms with Gasteiger partial charge in [0.15, 0.2) is 0 Å². The first-order valence-corrected chi connectivity index (χ1v) is 11.1. The second-order valence-corrected chi connectivity index (χ2v) is 9.00. The molecule has 0 aliphatic heterocycles. The number of thiophene rings is 2. The van der Waals surface area contributed by atoms with Gasteiger partial charge in [-0.05, 0) is 36.8 Å². The fourth-order valence-corrected chi connectivity index (χ4v) is 4.51. The monoisotopic (exact) mass is 496 g/mol. The summed E-state index contributed by atoms with van der Waals surface area (Å²) < 4.78 is 38.3. The van der Waals surface area contributed by atoms with Crippen LogP contribution in [0.5, 0.6) is 5.75 Å². The van der Waals surface area contributed by atoms with Crippen molar-refractivity contribution in [2.24, 2.45) is 5.10 Å². The first kappa shape index (κ1) is 24.4. The highest BCUT2D eigenvalue weighted by atomic mass is 32.1. The van der Waals surface area contributed by atoms with Crippen molar-refractivity contribution in [1.82, 2.24) is 15.9 Å². The maximum absolute atomic E-state index is 12.8. The summed E-state index contributed by atoms with van der Waals surface area (Å²) in [7, 11) is 3.33. The molecule has 3 aromatic rings. The molecule has 0 saturated heterocycles. The topological polar surface area (TPSA) is 94.0 Å². The molecule has 12 heteroatoms. The molecule has 0 unspecified atom stereocenters. The number of carbonyl (C=O) groups is 2. The van der Waals surface area contributed by atoms with E-state index in [-0.39, 0.29) is 16.5 Å². The van der Waals surface area contributed by atoms with E-state index in [4.69, 9.17) is 0 Å². The van der Waals surface area contributed by atoms with Gasteiger partial charge in [0.1, 0.15) is 5.75 Å². The second kappa shape index (κ2) is 9.73. The highest BCUT2D eigenvalue weighted by molar-refractivity contribution is 7.16. The smallest absolute Gasteiger partial charge is 0.416 e. The summed E-state index contributed by atoms with van der Waals surface area (Å²) in [6, 6.07) is 7.49. The van der Waals surface area contributed by atoms with Crippen LogP contribution in [0, 0.1) is 0 Å². The summed E-state index contributed by atoms with van der Waals surface area (Å²) >= 11 is 2.14. The summed E-state index contributed by atoms with van der Waals surface area (Å²) in [6.07, 6.45) is -4.44. The number of benzene rings is 1. The van der Waals surface area contributed by atoms with Gasteiger partial charge < -0.3 is 5.11 Å². The maximum Gasteiger partial charge on any atom is 0.416 e. The first-order chi connectivity index (χ1) is 15.5. The predicted molar refractivity (Wildman–Crippen MR) is 122 cm³/mol. The Morgan fingerprint density at radius 2 is 1.64 bits per heavy atom. The van der Waals surface area contributed by atoms with Gasteiger partial charge in [-0.1, -0.05) is 12.1 Å². The highest BCUT2D eigenvalue weighted by Crippen LogP contribution is 2.40. The average Bonchev–Trinajstić information content (AvgIpc) is 3.38. The summed E-state index contributed by atoms with van der Waals surface area (Å²) in [6.45, 7) is 1.57. The number of nitrogens with zero attached hydrogens (tertiary/aromatic N) is 2. The van der Waals surface area contributed by atoms with E-state index in [1.54, 1.807) is 26.4 Å². The van der Waals surface area contributed by atoms with Gasteiger partial charge in [-0.3, -0.25) is 15.0 Å². The van der Waals surface area contributed by atoms with Gasteiger partial charge >= 0.3 is 6.18 Å². The summed E-state index contributed by atoms with van der Waals surface area (Å²) in [4.78, 5) is 25.4. The fourth-order valence-electron chi connectivity index (χ4n) is 2.71. The van der Waals surface area contributed by atoms with Crippen LogP contribution in [-0.2, 0) is 6.18 Å². The van der Waals surface area contributed by atoms with Crippen LogP contribution in [-0.4, -0.2) is 41.7 Å². The Labute approximate surface area is 195 Å². The Hall–Kier alpha value is -3.22. The number of alkyl halides is 3. The zero-order valence-corrected chi connectivity index (χ0v) is 19.3. The minimum atomic E-state index is -4.44. The number of carbonyl (C=O) groups excluding carboxylic acids is 2. The number of amides is 2. The van der Waals surface area contributed by atoms with Crippen LogP contribution in [0.3, 0.4) is 0 Å². The Kier molecular flexibility index (Phi) is 7.20. The van der Waals surface area contributed by atoms with Crippen LogP contribution in [0.4, 0.5) is 13.2 Å². The second-order valence-electron chi connectivity index (χ2n) is 7.04. The largest absolute Gasteiger partial charge is 0.506 e. The third-order valence-electron chi connectivity index (χ3n) is 4.33. The molecule has 7 nitrogen and oxygen atoms in total. The number of hydrogen-bond acceptors (Lipinski definition) is 7. The zero-order chi connectivity index (χ0) is 24.3. The number of halogens is 3. The zero-order valence-electron chi connectivity index (χ0n) is 17.6. The van der Waals surface area contributed by atoms with Gasteiger partial charge in [-0.15, -0.1) is 22.7 Å². The van der Waals surface area contributed by atoms with Crippen molar-refractivity contribution in [3.63, 3.8) is 0 Å². The molecule has 2 heterocycles. The first-order valence-electron chi connectivity index (χ1n) is 9.38. The van der Waals surface area contributed by atoms with Crippen molar-refractivity contribution in [3.05, 3.63) is 62.7 Å². The van der Waals surface area contributed by atoms with E-state index >= 15 is 0 Å².